The van der Waals surface area contributed by atoms with E-state index in [0.29, 0.717) is 4.47 Å². The van der Waals surface area contributed by atoms with E-state index >= 15 is 0 Å². The van der Waals surface area contributed by atoms with Gasteiger partial charge in [0, 0.05) is 34.5 Å². The normalized spacial score (nSPS) is 11.2. The molecule has 150 valence electrons. The molecule has 0 aliphatic carbocycles. The van der Waals surface area contributed by atoms with E-state index in [9.17, 15) is 17.6 Å². The third-order valence-electron chi connectivity index (χ3n) is 4.06. The number of pyridine rings is 1. The summed E-state index contributed by atoms with van der Waals surface area (Å²) >= 11 is 3.27. The van der Waals surface area contributed by atoms with Crippen molar-refractivity contribution in [1.29, 1.82) is 0 Å². The van der Waals surface area contributed by atoms with Gasteiger partial charge in [0.05, 0.1) is 11.4 Å². The van der Waals surface area contributed by atoms with Crippen molar-refractivity contribution in [2.75, 3.05) is 6.54 Å². The molecule has 0 spiro atoms. The molecule has 0 saturated heterocycles. The van der Waals surface area contributed by atoms with Crippen LogP contribution in [0.4, 0.5) is 4.39 Å². The van der Waals surface area contributed by atoms with Crippen LogP contribution in [-0.2, 0) is 21.4 Å². The van der Waals surface area contributed by atoms with Gasteiger partial charge in [0.15, 0.2) is 0 Å². The summed E-state index contributed by atoms with van der Waals surface area (Å²) in [5.74, 6) is -1.04. The zero-order valence-corrected chi connectivity index (χ0v) is 17.5. The monoisotopic (exact) mass is 477 g/mol. The third-order valence-corrected chi connectivity index (χ3v) is 6.01. The van der Waals surface area contributed by atoms with Crippen molar-refractivity contribution < 1.29 is 17.6 Å². The lowest BCUT2D eigenvalue weighted by Gasteiger charge is -2.13. The lowest BCUT2D eigenvalue weighted by Crippen LogP contribution is -2.36. The Morgan fingerprint density at radius 3 is 2.52 bits per heavy atom. The Morgan fingerprint density at radius 2 is 1.76 bits per heavy atom. The predicted molar refractivity (Wildman–Crippen MR) is 111 cm³/mol. The van der Waals surface area contributed by atoms with Gasteiger partial charge < -0.3 is 5.32 Å². The zero-order valence-electron chi connectivity index (χ0n) is 15.1. The van der Waals surface area contributed by atoms with E-state index in [0.717, 1.165) is 5.56 Å². The Hall–Kier alpha value is -2.62. The van der Waals surface area contributed by atoms with E-state index in [4.69, 9.17) is 0 Å². The molecule has 2 aromatic carbocycles. The Balaban J connectivity index is 1.75. The second kappa shape index (κ2) is 9.25. The molecule has 0 aliphatic heterocycles. The molecule has 6 nitrogen and oxygen atoms in total. The molecule has 9 heteroatoms. The number of nitrogens with one attached hydrogen (secondary N) is 2. The van der Waals surface area contributed by atoms with Crippen molar-refractivity contribution in [1.82, 2.24) is 15.0 Å². The highest BCUT2D eigenvalue weighted by molar-refractivity contribution is 9.10. The molecule has 1 heterocycles. The first-order valence-corrected chi connectivity index (χ1v) is 10.8. The number of carbonyl (C=O) groups excluding carboxylic acids is 1. The van der Waals surface area contributed by atoms with Crippen LogP contribution in [0.5, 0.6) is 0 Å². The van der Waals surface area contributed by atoms with Gasteiger partial charge in [-0.15, -0.1) is 0 Å². The first-order chi connectivity index (χ1) is 13.9. The van der Waals surface area contributed by atoms with Crippen molar-refractivity contribution in [2.45, 2.75) is 11.4 Å². The summed E-state index contributed by atoms with van der Waals surface area (Å²) in [6.45, 7) is -0.189. The molecule has 0 fully saturated rings. The van der Waals surface area contributed by atoms with Crippen LogP contribution in [0.3, 0.4) is 0 Å². The molecule has 3 rings (SSSR count). The number of sulfonamides is 1. The van der Waals surface area contributed by atoms with Crippen LogP contribution in [0.25, 0.3) is 11.1 Å². The molecular formula is C20H17BrFN3O3S. The number of rotatable bonds is 7. The maximum absolute atomic E-state index is 14.3. The molecule has 0 bridgehead atoms. The summed E-state index contributed by atoms with van der Waals surface area (Å²) in [5, 5.41) is 2.63. The molecular weight excluding hydrogens is 461 g/mol. The summed E-state index contributed by atoms with van der Waals surface area (Å²) in [4.78, 5) is 15.8. The van der Waals surface area contributed by atoms with Crippen molar-refractivity contribution in [2.24, 2.45) is 0 Å². The highest BCUT2D eigenvalue weighted by Crippen LogP contribution is 2.31. The van der Waals surface area contributed by atoms with Crippen LogP contribution < -0.4 is 10.0 Å². The van der Waals surface area contributed by atoms with E-state index in [1.165, 1.54) is 36.4 Å². The van der Waals surface area contributed by atoms with Crippen LogP contribution in [0.1, 0.15) is 5.56 Å². The van der Waals surface area contributed by atoms with Gasteiger partial charge in [-0.05, 0) is 42.0 Å². The molecule has 1 aromatic heterocycles. The number of hydrogen-bond acceptors (Lipinski definition) is 4. The SMILES string of the molecule is O=C(CNS(=O)(=O)c1ccccc1-c1cc(Br)ccc1F)NCc1ccncc1. The molecule has 0 atom stereocenters. The fraction of sp³-hybridized carbons (Fsp3) is 0.100. The number of hydrogen-bond donors (Lipinski definition) is 2. The maximum atomic E-state index is 14.3. The average Bonchev–Trinajstić information content (AvgIpc) is 2.73. The van der Waals surface area contributed by atoms with Crippen LogP contribution in [0.15, 0.2) is 76.4 Å². The Labute approximate surface area is 176 Å². The first-order valence-electron chi connectivity index (χ1n) is 8.56. The fourth-order valence-corrected chi connectivity index (χ4v) is 4.19. The number of halogens is 2. The fourth-order valence-electron chi connectivity index (χ4n) is 2.63. The van der Waals surface area contributed by atoms with E-state index < -0.39 is 28.3 Å². The van der Waals surface area contributed by atoms with E-state index in [2.05, 4.69) is 31.0 Å². The highest BCUT2D eigenvalue weighted by atomic mass is 79.9. The topological polar surface area (TPSA) is 88.2 Å². The first kappa shape index (κ1) is 21.1. The Morgan fingerprint density at radius 1 is 1.03 bits per heavy atom. The quantitative estimate of drug-likeness (QED) is 0.546. The van der Waals surface area contributed by atoms with Gasteiger partial charge in [-0.1, -0.05) is 34.1 Å². The molecule has 1 amide bonds. The third kappa shape index (κ3) is 5.47. The van der Waals surface area contributed by atoms with Gasteiger partial charge in [-0.2, -0.15) is 0 Å². The smallest absolute Gasteiger partial charge is 0.241 e. The lowest BCUT2D eigenvalue weighted by atomic mass is 10.1. The van der Waals surface area contributed by atoms with Crippen LogP contribution in [0.2, 0.25) is 0 Å². The van der Waals surface area contributed by atoms with Gasteiger partial charge in [-0.3, -0.25) is 9.78 Å². The highest BCUT2D eigenvalue weighted by Gasteiger charge is 2.21. The minimum atomic E-state index is -4.05. The van der Waals surface area contributed by atoms with Gasteiger partial charge in [0.2, 0.25) is 15.9 Å². The number of amides is 1. The van der Waals surface area contributed by atoms with E-state index in [-0.39, 0.29) is 22.6 Å². The average molecular weight is 478 g/mol. The largest absolute Gasteiger partial charge is 0.351 e. The summed E-state index contributed by atoms with van der Waals surface area (Å²) in [6.07, 6.45) is 3.20. The van der Waals surface area contributed by atoms with Crippen molar-refractivity contribution in [3.05, 3.63) is 82.8 Å². The van der Waals surface area contributed by atoms with Crippen molar-refractivity contribution >= 4 is 31.9 Å². The number of benzene rings is 2. The number of carbonyl (C=O) groups is 1. The number of nitrogens with zero attached hydrogens (tertiary/aromatic N) is 1. The second-order valence-corrected chi connectivity index (χ2v) is 8.73. The van der Waals surface area contributed by atoms with Crippen molar-refractivity contribution in [3.8, 4) is 11.1 Å². The van der Waals surface area contributed by atoms with Gasteiger partial charge >= 0.3 is 0 Å². The van der Waals surface area contributed by atoms with Crippen LogP contribution in [-0.4, -0.2) is 25.9 Å². The van der Waals surface area contributed by atoms with Crippen LogP contribution >= 0.6 is 15.9 Å². The standard InChI is InChI=1S/C20H17BrFN3O3S/c21-15-5-6-18(22)17(11-15)16-3-1-2-4-19(16)29(27,28)25-13-20(26)24-12-14-7-9-23-10-8-14/h1-11,25H,12-13H2,(H,24,26). The zero-order chi connectivity index (χ0) is 20.9. The van der Waals surface area contributed by atoms with E-state index in [1.54, 1.807) is 30.6 Å². The maximum Gasteiger partial charge on any atom is 0.241 e. The molecule has 0 unspecified atom stereocenters. The Bertz CT molecular complexity index is 1120. The Kier molecular flexibility index (Phi) is 6.73. The summed E-state index contributed by atoms with van der Waals surface area (Å²) in [6, 6.07) is 13.8. The summed E-state index contributed by atoms with van der Waals surface area (Å²) in [7, 11) is -4.05. The summed E-state index contributed by atoms with van der Waals surface area (Å²) in [5.41, 5.74) is 1.19. The van der Waals surface area contributed by atoms with E-state index in [1.807, 2.05) is 0 Å². The molecule has 0 saturated carbocycles. The molecule has 0 radical (unpaired) electrons. The molecule has 29 heavy (non-hydrogen) atoms. The molecule has 3 aromatic rings. The molecule has 0 aliphatic rings. The lowest BCUT2D eigenvalue weighted by molar-refractivity contribution is -0.120. The van der Waals surface area contributed by atoms with Gasteiger partial charge in [0.1, 0.15) is 5.82 Å². The predicted octanol–water partition coefficient (Wildman–Crippen LogP) is 3.24. The second-order valence-electron chi connectivity index (χ2n) is 6.08. The number of aromatic nitrogens is 1. The minimum Gasteiger partial charge on any atom is -0.351 e. The van der Waals surface area contributed by atoms with Crippen LogP contribution in [0, 0.1) is 5.82 Å². The van der Waals surface area contributed by atoms with Crippen molar-refractivity contribution in [3.63, 3.8) is 0 Å². The summed E-state index contributed by atoms with van der Waals surface area (Å²) < 4.78 is 42.7. The van der Waals surface area contributed by atoms with Gasteiger partial charge in [0.25, 0.3) is 0 Å². The minimum absolute atomic E-state index is 0.112. The van der Waals surface area contributed by atoms with Gasteiger partial charge in [-0.25, -0.2) is 17.5 Å². The molecule has 2 N–H and O–H groups in total.